The molecule has 3 nitrogen and oxygen atoms in total. The monoisotopic (exact) mass is 235 g/mol. The van der Waals surface area contributed by atoms with E-state index in [0.29, 0.717) is 6.04 Å². The van der Waals surface area contributed by atoms with Gasteiger partial charge in [-0.05, 0) is 25.0 Å². The molecule has 0 amide bonds. The largest absolute Gasteiger partial charge is 0.367 e. The van der Waals surface area contributed by atoms with Crippen molar-refractivity contribution in [2.24, 2.45) is 0 Å². The average molecular weight is 235 g/mol. The fraction of sp³-hybridized carbons (Fsp3) is 0.417. The highest BCUT2D eigenvalue weighted by molar-refractivity contribution is 7.09. The van der Waals surface area contributed by atoms with Crippen LogP contribution in [-0.4, -0.2) is 9.97 Å². The summed E-state index contributed by atoms with van der Waals surface area (Å²) in [5.41, 5.74) is 2.43. The van der Waals surface area contributed by atoms with Crippen molar-refractivity contribution in [3.8, 4) is 0 Å². The van der Waals surface area contributed by atoms with Crippen LogP contribution >= 0.6 is 11.3 Å². The molecule has 2 rings (SSSR count). The van der Waals surface area contributed by atoms with Crippen molar-refractivity contribution in [1.82, 2.24) is 15.3 Å². The number of aryl methyl sites for hydroxylation is 1. The zero-order valence-corrected chi connectivity index (χ0v) is 10.5. The van der Waals surface area contributed by atoms with Crippen LogP contribution in [0.1, 0.15) is 36.2 Å². The van der Waals surface area contributed by atoms with E-state index in [1.54, 1.807) is 11.3 Å². The summed E-state index contributed by atoms with van der Waals surface area (Å²) in [5, 5.41) is 6.82. The van der Waals surface area contributed by atoms with Crippen LogP contribution in [0.3, 0.4) is 0 Å². The molecule has 0 radical (unpaired) electrons. The summed E-state index contributed by atoms with van der Waals surface area (Å²) in [5.74, 6) is 0. The number of thiazole rings is 1. The molecule has 1 unspecified atom stereocenters. The lowest BCUT2D eigenvalue weighted by Gasteiger charge is -2.10. The number of rotatable bonds is 5. The number of H-pyrrole nitrogens is 1. The first kappa shape index (κ1) is 11.4. The van der Waals surface area contributed by atoms with Crippen molar-refractivity contribution >= 4 is 11.3 Å². The van der Waals surface area contributed by atoms with Crippen LogP contribution in [-0.2, 0) is 13.0 Å². The van der Waals surface area contributed by atoms with Gasteiger partial charge in [0.2, 0.25) is 0 Å². The summed E-state index contributed by atoms with van der Waals surface area (Å²) in [6, 6.07) is 2.39. The summed E-state index contributed by atoms with van der Waals surface area (Å²) < 4.78 is 0. The van der Waals surface area contributed by atoms with Crippen molar-refractivity contribution in [2.45, 2.75) is 32.9 Å². The third-order valence-electron chi connectivity index (χ3n) is 2.59. The van der Waals surface area contributed by atoms with E-state index in [9.17, 15) is 0 Å². The van der Waals surface area contributed by atoms with E-state index >= 15 is 0 Å². The maximum absolute atomic E-state index is 4.58. The Balaban J connectivity index is 1.90. The lowest BCUT2D eigenvalue weighted by molar-refractivity contribution is 0.563. The molecule has 2 aromatic rings. The zero-order chi connectivity index (χ0) is 11.4. The molecule has 2 N–H and O–H groups in total. The minimum atomic E-state index is 0.312. The van der Waals surface area contributed by atoms with Crippen LogP contribution in [0, 0.1) is 0 Å². The minimum Gasteiger partial charge on any atom is -0.367 e. The predicted octanol–water partition coefficient (Wildman–Crippen LogP) is 2.88. The molecule has 0 aliphatic carbocycles. The maximum atomic E-state index is 4.58. The van der Waals surface area contributed by atoms with Crippen molar-refractivity contribution in [3.63, 3.8) is 0 Å². The second-order valence-corrected chi connectivity index (χ2v) is 4.78. The van der Waals surface area contributed by atoms with Crippen molar-refractivity contribution in [3.05, 3.63) is 40.1 Å². The predicted molar refractivity (Wildman–Crippen MR) is 67.5 cm³/mol. The van der Waals surface area contributed by atoms with Crippen LogP contribution in [0.4, 0.5) is 0 Å². The van der Waals surface area contributed by atoms with Gasteiger partial charge in [-0.25, -0.2) is 4.98 Å². The van der Waals surface area contributed by atoms with Gasteiger partial charge in [0.25, 0.3) is 0 Å². The molecule has 0 spiro atoms. The highest BCUT2D eigenvalue weighted by atomic mass is 32.1. The molecule has 86 valence electrons. The van der Waals surface area contributed by atoms with Gasteiger partial charge in [0, 0.05) is 30.4 Å². The Hall–Kier alpha value is -1.13. The molecule has 0 fully saturated rings. The Morgan fingerprint density at radius 3 is 3.06 bits per heavy atom. The van der Waals surface area contributed by atoms with Crippen molar-refractivity contribution in [1.29, 1.82) is 0 Å². The molecule has 4 heteroatoms. The Labute approximate surface area is 99.9 Å². The maximum Gasteiger partial charge on any atom is 0.0926 e. The van der Waals surface area contributed by atoms with Crippen LogP contribution in [0.5, 0.6) is 0 Å². The summed E-state index contributed by atoms with van der Waals surface area (Å²) in [6.07, 6.45) is 4.98. The third kappa shape index (κ3) is 2.71. The number of nitrogens with zero attached hydrogens (tertiary/aromatic N) is 1. The van der Waals surface area contributed by atoms with Gasteiger partial charge in [-0.2, -0.15) is 0 Å². The van der Waals surface area contributed by atoms with E-state index in [4.69, 9.17) is 0 Å². The summed E-state index contributed by atoms with van der Waals surface area (Å²) in [6.45, 7) is 5.17. The van der Waals surface area contributed by atoms with Gasteiger partial charge < -0.3 is 10.3 Å². The molecule has 0 bridgehead atoms. The van der Waals surface area contributed by atoms with Gasteiger partial charge in [-0.3, -0.25) is 0 Å². The Bertz CT molecular complexity index is 419. The molecule has 0 saturated carbocycles. The lowest BCUT2D eigenvalue weighted by atomic mass is 10.2. The van der Waals surface area contributed by atoms with Gasteiger partial charge in [0.05, 0.1) is 10.7 Å². The third-order valence-corrected chi connectivity index (χ3v) is 3.60. The number of hydrogen-bond acceptors (Lipinski definition) is 3. The van der Waals surface area contributed by atoms with E-state index < -0.39 is 0 Å². The minimum absolute atomic E-state index is 0.312. The first-order valence-electron chi connectivity index (χ1n) is 5.59. The SMILES string of the molecule is CCc1nc(C(C)NCc2cc[nH]c2)cs1. The fourth-order valence-corrected chi connectivity index (χ4v) is 2.37. The molecule has 2 heterocycles. The second-order valence-electron chi connectivity index (χ2n) is 3.84. The van der Waals surface area contributed by atoms with Crippen LogP contribution < -0.4 is 5.32 Å². The molecular weight excluding hydrogens is 218 g/mol. The van der Waals surface area contributed by atoms with E-state index in [1.165, 1.54) is 10.6 Å². The average Bonchev–Trinajstić information content (AvgIpc) is 2.96. The Morgan fingerprint density at radius 1 is 1.56 bits per heavy atom. The first-order chi connectivity index (χ1) is 7.79. The van der Waals surface area contributed by atoms with Crippen LogP contribution in [0.2, 0.25) is 0 Å². The Morgan fingerprint density at radius 2 is 2.44 bits per heavy atom. The second kappa shape index (κ2) is 5.27. The van der Waals surface area contributed by atoms with Gasteiger partial charge >= 0.3 is 0 Å². The number of hydrogen-bond donors (Lipinski definition) is 2. The highest BCUT2D eigenvalue weighted by Gasteiger charge is 2.08. The molecule has 0 aromatic carbocycles. The van der Waals surface area contributed by atoms with Gasteiger partial charge in [0.15, 0.2) is 0 Å². The van der Waals surface area contributed by atoms with Gasteiger partial charge in [-0.1, -0.05) is 6.92 Å². The molecular formula is C12H17N3S. The fourth-order valence-electron chi connectivity index (χ4n) is 1.53. The normalized spacial score (nSPS) is 12.9. The topological polar surface area (TPSA) is 40.7 Å². The van der Waals surface area contributed by atoms with Crippen molar-refractivity contribution < 1.29 is 0 Å². The zero-order valence-electron chi connectivity index (χ0n) is 9.66. The standard InChI is InChI=1S/C12H17N3S/c1-3-12-15-11(8-16-12)9(2)14-7-10-4-5-13-6-10/h4-6,8-9,13-14H,3,7H2,1-2H3. The van der Waals surface area contributed by atoms with E-state index in [1.807, 2.05) is 12.4 Å². The van der Waals surface area contributed by atoms with E-state index in [2.05, 4.69) is 40.6 Å². The smallest absolute Gasteiger partial charge is 0.0926 e. The molecule has 2 aromatic heterocycles. The summed E-state index contributed by atoms with van der Waals surface area (Å²) in [7, 11) is 0. The number of aromatic nitrogens is 2. The number of nitrogens with one attached hydrogen (secondary N) is 2. The molecule has 0 saturated heterocycles. The number of aromatic amines is 1. The quantitative estimate of drug-likeness (QED) is 0.836. The first-order valence-corrected chi connectivity index (χ1v) is 6.47. The van der Waals surface area contributed by atoms with Gasteiger partial charge in [0.1, 0.15) is 0 Å². The van der Waals surface area contributed by atoms with Gasteiger partial charge in [-0.15, -0.1) is 11.3 Å². The Kier molecular flexibility index (Phi) is 3.74. The van der Waals surface area contributed by atoms with E-state index in [-0.39, 0.29) is 0 Å². The van der Waals surface area contributed by atoms with E-state index in [0.717, 1.165) is 18.7 Å². The molecule has 1 atom stereocenters. The molecule has 0 aliphatic rings. The molecule has 0 aliphatic heterocycles. The van der Waals surface area contributed by atoms with Crippen LogP contribution in [0.15, 0.2) is 23.8 Å². The van der Waals surface area contributed by atoms with Crippen molar-refractivity contribution in [2.75, 3.05) is 0 Å². The van der Waals surface area contributed by atoms with Crippen LogP contribution in [0.25, 0.3) is 0 Å². The summed E-state index contributed by atoms with van der Waals surface area (Å²) in [4.78, 5) is 7.63. The lowest BCUT2D eigenvalue weighted by Crippen LogP contribution is -2.18. The highest BCUT2D eigenvalue weighted by Crippen LogP contribution is 2.17. The molecule has 16 heavy (non-hydrogen) atoms. The summed E-state index contributed by atoms with van der Waals surface area (Å²) >= 11 is 1.74.